The molecular formula is C13H10ClF3N2. The van der Waals surface area contributed by atoms with E-state index in [1.54, 1.807) is 0 Å². The lowest BCUT2D eigenvalue weighted by atomic mass is 9.99. The van der Waals surface area contributed by atoms with Gasteiger partial charge in [-0.05, 0) is 35.4 Å². The monoisotopic (exact) mass is 286 g/mol. The van der Waals surface area contributed by atoms with Crippen molar-refractivity contribution in [3.63, 3.8) is 0 Å². The van der Waals surface area contributed by atoms with Crippen molar-refractivity contribution >= 4 is 11.6 Å². The van der Waals surface area contributed by atoms with Crippen LogP contribution in [0.15, 0.2) is 36.4 Å². The van der Waals surface area contributed by atoms with Gasteiger partial charge in [0.25, 0.3) is 0 Å². The second kappa shape index (κ2) is 5.61. The molecule has 0 saturated carbocycles. The van der Waals surface area contributed by atoms with Gasteiger partial charge in [0.1, 0.15) is 5.82 Å². The Morgan fingerprint density at radius 2 is 1.74 bits per heavy atom. The molecule has 0 heterocycles. The fourth-order valence-corrected chi connectivity index (χ4v) is 2.07. The number of nitrogens with two attached hydrogens (primary N) is 1. The van der Waals surface area contributed by atoms with E-state index in [0.717, 1.165) is 18.2 Å². The maximum atomic E-state index is 13.2. The topological polar surface area (TPSA) is 38.0 Å². The summed E-state index contributed by atoms with van der Waals surface area (Å²) in [6, 6.07) is 6.49. The van der Waals surface area contributed by atoms with Crippen LogP contribution < -0.4 is 11.3 Å². The summed E-state index contributed by atoms with van der Waals surface area (Å²) in [5.41, 5.74) is 3.30. The van der Waals surface area contributed by atoms with Crippen LogP contribution in [0.5, 0.6) is 0 Å². The van der Waals surface area contributed by atoms with Crippen LogP contribution in [0.3, 0.4) is 0 Å². The van der Waals surface area contributed by atoms with Crippen LogP contribution in [0.1, 0.15) is 17.2 Å². The maximum Gasteiger partial charge on any atom is 0.159 e. The molecule has 0 aliphatic carbocycles. The third kappa shape index (κ3) is 2.89. The van der Waals surface area contributed by atoms with Gasteiger partial charge in [0, 0.05) is 5.02 Å². The Hall–Kier alpha value is -1.56. The number of hydrogen-bond acceptors (Lipinski definition) is 2. The molecule has 0 bridgehead atoms. The van der Waals surface area contributed by atoms with Gasteiger partial charge in [-0.25, -0.2) is 18.6 Å². The Morgan fingerprint density at radius 3 is 2.32 bits per heavy atom. The van der Waals surface area contributed by atoms with E-state index in [2.05, 4.69) is 5.43 Å². The number of hydrogen-bond donors (Lipinski definition) is 2. The van der Waals surface area contributed by atoms with E-state index in [-0.39, 0.29) is 5.02 Å². The molecule has 19 heavy (non-hydrogen) atoms. The molecular weight excluding hydrogens is 277 g/mol. The van der Waals surface area contributed by atoms with Crippen LogP contribution in [0, 0.1) is 17.5 Å². The lowest BCUT2D eigenvalue weighted by molar-refractivity contribution is 0.504. The number of rotatable bonds is 3. The lowest BCUT2D eigenvalue weighted by Crippen LogP contribution is -2.29. The molecule has 3 N–H and O–H groups in total. The average Bonchev–Trinajstić information content (AvgIpc) is 2.37. The van der Waals surface area contributed by atoms with Gasteiger partial charge in [-0.3, -0.25) is 5.84 Å². The van der Waals surface area contributed by atoms with Crippen LogP contribution in [-0.2, 0) is 0 Å². The third-order valence-electron chi connectivity index (χ3n) is 2.72. The van der Waals surface area contributed by atoms with Crippen molar-refractivity contribution < 1.29 is 13.2 Å². The molecule has 6 heteroatoms. The van der Waals surface area contributed by atoms with Crippen LogP contribution >= 0.6 is 11.6 Å². The number of benzene rings is 2. The summed E-state index contributed by atoms with van der Waals surface area (Å²) in [5, 5.41) is 0.146. The Kier molecular flexibility index (Phi) is 4.09. The number of hydrazine groups is 1. The molecule has 0 aliphatic rings. The highest BCUT2D eigenvalue weighted by atomic mass is 35.5. The summed E-state index contributed by atoms with van der Waals surface area (Å²) >= 11 is 5.92. The number of nitrogens with one attached hydrogen (secondary N) is 1. The molecule has 100 valence electrons. The standard InChI is InChI=1S/C13H10ClF3N2/c14-10-6-8(15)2-3-9(10)13(19-18)7-1-4-11(16)12(17)5-7/h1-6,13,19H,18H2. The summed E-state index contributed by atoms with van der Waals surface area (Å²) in [6.45, 7) is 0. The Labute approximate surface area is 113 Å². The summed E-state index contributed by atoms with van der Waals surface area (Å²) in [4.78, 5) is 0. The molecule has 1 unspecified atom stereocenters. The normalized spacial score (nSPS) is 12.5. The van der Waals surface area contributed by atoms with E-state index >= 15 is 0 Å². The van der Waals surface area contributed by atoms with Gasteiger partial charge >= 0.3 is 0 Å². The van der Waals surface area contributed by atoms with Gasteiger partial charge in [0.15, 0.2) is 11.6 Å². The predicted molar refractivity (Wildman–Crippen MR) is 66.9 cm³/mol. The van der Waals surface area contributed by atoms with Crippen molar-refractivity contribution in [1.82, 2.24) is 5.43 Å². The molecule has 0 saturated heterocycles. The molecule has 2 nitrogen and oxygen atoms in total. The minimum atomic E-state index is -0.990. The Bertz CT molecular complexity index is 604. The first kappa shape index (κ1) is 13.9. The summed E-state index contributed by atoms with van der Waals surface area (Å²) in [5.74, 6) is 2.98. The molecule has 2 rings (SSSR count). The quantitative estimate of drug-likeness (QED) is 0.671. The van der Waals surface area contributed by atoms with Crippen molar-refractivity contribution in [2.24, 2.45) is 5.84 Å². The van der Waals surface area contributed by atoms with Crippen molar-refractivity contribution in [2.75, 3.05) is 0 Å². The van der Waals surface area contributed by atoms with Gasteiger partial charge < -0.3 is 0 Å². The second-order valence-electron chi connectivity index (χ2n) is 3.94. The van der Waals surface area contributed by atoms with E-state index in [9.17, 15) is 13.2 Å². The fraction of sp³-hybridized carbons (Fsp3) is 0.0769. The molecule has 2 aromatic rings. The number of halogens is 4. The third-order valence-corrected chi connectivity index (χ3v) is 3.04. The first-order chi connectivity index (χ1) is 9.02. The van der Waals surface area contributed by atoms with Crippen molar-refractivity contribution in [3.8, 4) is 0 Å². The maximum absolute atomic E-state index is 13.2. The van der Waals surface area contributed by atoms with Gasteiger partial charge in [-0.2, -0.15) is 0 Å². The minimum absolute atomic E-state index is 0.146. The van der Waals surface area contributed by atoms with E-state index < -0.39 is 23.5 Å². The van der Waals surface area contributed by atoms with Gasteiger partial charge in [-0.15, -0.1) is 0 Å². The van der Waals surface area contributed by atoms with E-state index in [4.69, 9.17) is 17.4 Å². The Balaban J connectivity index is 2.46. The highest BCUT2D eigenvalue weighted by molar-refractivity contribution is 6.31. The summed E-state index contributed by atoms with van der Waals surface area (Å²) in [6.07, 6.45) is 0. The molecule has 0 amide bonds. The molecule has 0 aliphatic heterocycles. The van der Waals surface area contributed by atoms with Gasteiger partial charge in [0.05, 0.1) is 6.04 Å². The van der Waals surface area contributed by atoms with Gasteiger partial charge in [0.2, 0.25) is 0 Å². The molecule has 0 fully saturated rings. The lowest BCUT2D eigenvalue weighted by Gasteiger charge is -2.18. The predicted octanol–water partition coefficient (Wildman–Crippen LogP) is 3.31. The van der Waals surface area contributed by atoms with E-state index in [0.29, 0.717) is 11.1 Å². The summed E-state index contributed by atoms with van der Waals surface area (Å²) in [7, 11) is 0. The summed E-state index contributed by atoms with van der Waals surface area (Å²) < 4.78 is 39.1. The molecule has 0 aromatic heterocycles. The average molecular weight is 287 g/mol. The van der Waals surface area contributed by atoms with Crippen LogP contribution in [0.25, 0.3) is 0 Å². The fourth-order valence-electron chi connectivity index (χ4n) is 1.79. The molecule has 1 atom stereocenters. The molecule has 0 spiro atoms. The highest BCUT2D eigenvalue weighted by Gasteiger charge is 2.17. The second-order valence-corrected chi connectivity index (χ2v) is 4.35. The van der Waals surface area contributed by atoms with E-state index in [1.807, 2.05) is 0 Å². The zero-order chi connectivity index (χ0) is 14.0. The minimum Gasteiger partial charge on any atom is -0.271 e. The Morgan fingerprint density at radius 1 is 1.00 bits per heavy atom. The molecule has 0 radical (unpaired) electrons. The van der Waals surface area contributed by atoms with Gasteiger partial charge in [-0.1, -0.05) is 23.7 Å². The largest absolute Gasteiger partial charge is 0.271 e. The molecule has 2 aromatic carbocycles. The SMILES string of the molecule is NNC(c1ccc(F)c(F)c1)c1ccc(F)cc1Cl. The van der Waals surface area contributed by atoms with Crippen LogP contribution in [0.4, 0.5) is 13.2 Å². The first-order valence-corrected chi connectivity index (χ1v) is 5.76. The smallest absolute Gasteiger partial charge is 0.159 e. The van der Waals surface area contributed by atoms with Crippen molar-refractivity contribution in [1.29, 1.82) is 0 Å². The van der Waals surface area contributed by atoms with Crippen molar-refractivity contribution in [2.45, 2.75) is 6.04 Å². The van der Waals surface area contributed by atoms with Crippen LogP contribution in [-0.4, -0.2) is 0 Å². The highest BCUT2D eigenvalue weighted by Crippen LogP contribution is 2.29. The zero-order valence-electron chi connectivity index (χ0n) is 9.63. The van der Waals surface area contributed by atoms with Crippen molar-refractivity contribution in [3.05, 3.63) is 70.0 Å². The first-order valence-electron chi connectivity index (χ1n) is 5.39. The van der Waals surface area contributed by atoms with Crippen LogP contribution in [0.2, 0.25) is 5.02 Å². The van der Waals surface area contributed by atoms with E-state index in [1.165, 1.54) is 18.2 Å². The zero-order valence-corrected chi connectivity index (χ0v) is 10.4.